The lowest BCUT2D eigenvalue weighted by Crippen LogP contribution is -2.20. The van der Waals surface area contributed by atoms with E-state index in [-0.39, 0.29) is 16.2 Å². The molecule has 12 aromatic carbocycles. The Balaban J connectivity index is 0.885. The number of rotatable bonds is 6. The first-order chi connectivity index (χ1) is 37.3. The fourth-order valence-corrected chi connectivity index (χ4v) is 13.6. The summed E-state index contributed by atoms with van der Waals surface area (Å²) in [5, 5.41) is 11.8. The molecule has 0 saturated carbocycles. The van der Waals surface area contributed by atoms with Gasteiger partial charge in [0.1, 0.15) is 11.2 Å². The molecule has 0 saturated heterocycles. The van der Waals surface area contributed by atoms with Gasteiger partial charge < -0.3 is 14.2 Å². The van der Waals surface area contributed by atoms with Gasteiger partial charge in [-0.15, -0.1) is 0 Å². The zero-order chi connectivity index (χ0) is 52.1. The molecule has 0 N–H and O–H groups in total. The molecule has 0 aliphatic heterocycles. The fraction of sp³-hybridized carbons (Fsp3) is 0.135. The summed E-state index contributed by atoms with van der Waals surface area (Å²) in [6, 6.07) is 83.9. The lowest BCUT2D eigenvalue weighted by Gasteiger charge is -2.34. The third kappa shape index (κ3) is 6.89. The van der Waals surface area contributed by atoms with Gasteiger partial charge in [-0.1, -0.05) is 182 Å². The maximum atomic E-state index is 7.05. The van der Waals surface area contributed by atoms with Crippen molar-refractivity contribution in [2.24, 2.45) is 0 Å². The van der Waals surface area contributed by atoms with Crippen LogP contribution in [0.15, 0.2) is 229 Å². The van der Waals surface area contributed by atoms with Crippen molar-refractivity contribution in [1.29, 1.82) is 0 Å². The van der Waals surface area contributed by atoms with E-state index < -0.39 is 0 Å². The molecule has 0 unspecified atom stereocenters. The van der Waals surface area contributed by atoms with Gasteiger partial charge in [-0.3, -0.25) is 0 Å². The summed E-state index contributed by atoms with van der Waals surface area (Å²) < 4.78 is 7.05. The van der Waals surface area contributed by atoms with Crippen molar-refractivity contribution in [3.63, 3.8) is 0 Å². The molecule has 0 amide bonds. The van der Waals surface area contributed by atoms with Crippen molar-refractivity contribution in [3.05, 3.63) is 252 Å². The minimum absolute atomic E-state index is 0.128. The van der Waals surface area contributed by atoms with Gasteiger partial charge in [0.05, 0.1) is 5.69 Å². The highest BCUT2D eigenvalue weighted by molar-refractivity contribution is 6.15. The van der Waals surface area contributed by atoms with E-state index in [4.69, 9.17) is 4.42 Å². The van der Waals surface area contributed by atoms with Gasteiger partial charge in [-0.2, -0.15) is 0 Å². The largest absolute Gasteiger partial charge is 0.456 e. The number of hydrogen-bond acceptors (Lipinski definition) is 3. The molecule has 1 heterocycles. The monoisotopic (exact) mass is 990 g/mol. The Morgan fingerprint density at radius 1 is 0.312 bits per heavy atom. The molecular formula is C74H58N2O. The van der Waals surface area contributed by atoms with Crippen molar-refractivity contribution < 1.29 is 4.42 Å². The van der Waals surface area contributed by atoms with Crippen LogP contribution in [0.2, 0.25) is 0 Å². The second kappa shape index (κ2) is 16.3. The van der Waals surface area contributed by atoms with Crippen molar-refractivity contribution in [3.8, 4) is 22.3 Å². The first-order valence-electron chi connectivity index (χ1n) is 27.2. The molecule has 0 spiro atoms. The van der Waals surface area contributed by atoms with E-state index in [0.29, 0.717) is 0 Å². The van der Waals surface area contributed by atoms with Gasteiger partial charge in [0.15, 0.2) is 0 Å². The van der Waals surface area contributed by atoms with Crippen LogP contribution in [0.4, 0.5) is 34.1 Å². The smallest absolute Gasteiger partial charge is 0.136 e. The molecule has 2 aliphatic rings. The van der Waals surface area contributed by atoms with E-state index in [2.05, 4.69) is 283 Å². The summed E-state index contributed by atoms with van der Waals surface area (Å²) >= 11 is 0. The second-order valence-corrected chi connectivity index (χ2v) is 23.8. The Hall–Kier alpha value is -8.92. The molecule has 0 bridgehead atoms. The molecule has 13 aromatic rings. The first kappa shape index (κ1) is 45.5. The van der Waals surface area contributed by atoms with Crippen molar-refractivity contribution in [1.82, 2.24) is 0 Å². The molecule has 0 atom stereocenters. The minimum Gasteiger partial charge on any atom is -0.456 e. The summed E-state index contributed by atoms with van der Waals surface area (Å²) in [5.74, 6) is 0. The predicted molar refractivity (Wildman–Crippen MR) is 327 cm³/mol. The van der Waals surface area contributed by atoms with Crippen molar-refractivity contribution >= 4 is 99.2 Å². The van der Waals surface area contributed by atoms with Crippen molar-refractivity contribution in [2.75, 3.05) is 9.80 Å². The first-order valence-corrected chi connectivity index (χ1v) is 27.2. The second-order valence-electron chi connectivity index (χ2n) is 23.8. The van der Waals surface area contributed by atoms with Gasteiger partial charge in [-0.05, 0) is 190 Å². The molecular weight excluding hydrogens is 933 g/mol. The quantitative estimate of drug-likeness (QED) is 0.166. The zero-order valence-electron chi connectivity index (χ0n) is 44.7. The summed E-state index contributed by atoms with van der Waals surface area (Å²) in [6.07, 6.45) is 0. The fourth-order valence-electron chi connectivity index (χ4n) is 13.6. The van der Waals surface area contributed by atoms with Crippen LogP contribution in [0, 0.1) is 0 Å². The number of benzene rings is 12. The van der Waals surface area contributed by atoms with E-state index in [1.165, 1.54) is 87.8 Å². The molecule has 77 heavy (non-hydrogen) atoms. The molecule has 3 heteroatoms. The molecule has 2 aliphatic carbocycles. The summed E-state index contributed by atoms with van der Waals surface area (Å²) in [4.78, 5) is 4.93. The Bertz CT molecular complexity index is 4640. The minimum atomic E-state index is -0.240. The number of furan rings is 1. The molecule has 0 fully saturated rings. The highest BCUT2D eigenvalue weighted by atomic mass is 16.3. The van der Waals surface area contributed by atoms with Crippen LogP contribution in [-0.2, 0) is 16.2 Å². The predicted octanol–water partition coefficient (Wildman–Crippen LogP) is 21.0. The molecule has 0 radical (unpaired) electrons. The van der Waals surface area contributed by atoms with Crippen LogP contribution in [0.5, 0.6) is 0 Å². The Morgan fingerprint density at radius 2 is 0.714 bits per heavy atom. The van der Waals surface area contributed by atoms with Crippen LogP contribution < -0.4 is 9.80 Å². The van der Waals surface area contributed by atoms with Gasteiger partial charge in [0, 0.05) is 50.0 Å². The van der Waals surface area contributed by atoms with Gasteiger partial charge >= 0.3 is 0 Å². The summed E-state index contributed by atoms with van der Waals surface area (Å²) in [5.41, 5.74) is 20.0. The van der Waals surface area contributed by atoms with E-state index in [1.807, 2.05) is 0 Å². The van der Waals surface area contributed by atoms with Crippen LogP contribution in [0.3, 0.4) is 0 Å². The van der Waals surface area contributed by atoms with E-state index in [1.54, 1.807) is 0 Å². The number of nitrogens with zero attached hydrogens (tertiary/aromatic N) is 2. The van der Waals surface area contributed by atoms with Gasteiger partial charge in [0.2, 0.25) is 0 Å². The lowest BCUT2D eigenvalue weighted by molar-refractivity contribution is 0.596. The third-order valence-electron chi connectivity index (χ3n) is 17.4. The maximum absolute atomic E-state index is 7.05. The van der Waals surface area contributed by atoms with Gasteiger partial charge in [0.25, 0.3) is 0 Å². The van der Waals surface area contributed by atoms with Crippen molar-refractivity contribution in [2.45, 2.75) is 64.7 Å². The van der Waals surface area contributed by atoms with Crippen LogP contribution in [0.25, 0.3) is 87.3 Å². The Labute approximate surface area is 450 Å². The Kier molecular flexibility index (Phi) is 9.62. The highest BCUT2D eigenvalue weighted by Crippen LogP contribution is 2.54. The maximum Gasteiger partial charge on any atom is 0.136 e. The van der Waals surface area contributed by atoms with E-state index in [9.17, 15) is 0 Å². The topological polar surface area (TPSA) is 19.6 Å². The standard InChI is InChI=1S/C74H58N2O/c1-72(2,3)71-61-44-70-63(40-50(61)27-35-68(71)76(54-29-25-46-17-9-11-19-48(46)37-54)56-32-34-60-58-21-13-15-23-65(58)74(6,7)67(60)43-56)62-39-49-26-30-53(38-51(49)41-69(62)77-70)75(52-28-24-45-16-8-10-18-47(45)36-52)55-31-33-59-57-20-12-14-22-64(57)73(4,5)66(59)42-55/h8-44H,1-7H3. The van der Waals surface area contributed by atoms with Crippen LogP contribution in [0.1, 0.15) is 76.3 Å². The molecule has 1 aromatic heterocycles. The van der Waals surface area contributed by atoms with E-state index in [0.717, 1.165) is 61.4 Å². The normalized spacial score (nSPS) is 14.1. The van der Waals surface area contributed by atoms with E-state index >= 15 is 0 Å². The molecule has 3 nitrogen and oxygen atoms in total. The van der Waals surface area contributed by atoms with Gasteiger partial charge in [-0.25, -0.2) is 0 Å². The average molecular weight is 991 g/mol. The average Bonchev–Trinajstić information content (AvgIpc) is 4.08. The SMILES string of the molecule is CC(C)(C)c1c(N(c2ccc3c(c2)C(C)(C)c2ccccc2-3)c2ccc3ccccc3c2)ccc2cc3c(cc12)oc1cc2cc(N(c4ccc5c(c4)C(C)(C)c4ccccc4-5)c4ccc5ccccc5c4)ccc2cc13. The third-order valence-corrected chi connectivity index (χ3v) is 17.4. The Morgan fingerprint density at radius 3 is 1.29 bits per heavy atom. The lowest BCUT2D eigenvalue weighted by atomic mass is 9.81. The highest BCUT2D eigenvalue weighted by Gasteiger charge is 2.38. The number of hydrogen-bond donors (Lipinski definition) is 0. The molecule has 15 rings (SSSR count). The molecule has 370 valence electrons. The number of anilines is 6. The van der Waals surface area contributed by atoms with Crippen LogP contribution in [-0.4, -0.2) is 0 Å². The summed E-state index contributed by atoms with van der Waals surface area (Å²) in [7, 11) is 0. The number of fused-ring (bicyclic) bond motifs is 13. The van der Waals surface area contributed by atoms with Crippen LogP contribution >= 0.6 is 0 Å². The summed E-state index contributed by atoms with van der Waals surface area (Å²) in [6.45, 7) is 16.5. The zero-order valence-corrected chi connectivity index (χ0v) is 44.7.